The van der Waals surface area contributed by atoms with Crippen LogP contribution in [-0.2, 0) is 7.05 Å². The van der Waals surface area contributed by atoms with E-state index in [-0.39, 0.29) is 5.91 Å². The van der Waals surface area contributed by atoms with Gasteiger partial charge in [-0.05, 0) is 43.5 Å². The van der Waals surface area contributed by atoms with Crippen molar-refractivity contribution in [2.45, 2.75) is 33.6 Å². The van der Waals surface area contributed by atoms with E-state index in [2.05, 4.69) is 29.2 Å². The van der Waals surface area contributed by atoms with Gasteiger partial charge >= 0.3 is 0 Å². The fraction of sp³-hybridized carbons (Fsp3) is 0.316. The minimum Gasteiger partial charge on any atom is -0.322 e. The standard InChI is InChI=1S/C19H22N4O/c1-11(2)14-6-8-15(9-7-14)21-19(24)17-10-16-13(4)22-23(5)18(16)20-12(17)3/h6-11H,1-5H3,(H,21,24). The summed E-state index contributed by atoms with van der Waals surface area (Å²) in [5, 5.41) is 8.22. The van der Waals surface area contributed by atoms with E-state index in [1.165, 1.54) is 5.56 Å². The molecule has 2 aromatic heterocycles. The molecule has 3 aromatic rings. The number of aryl methyl sites for hydroxylation is 3. The van der Waals surface area contributed by atoms with Crippen molar-refractivity contribution in [1.82, 2.24) is 14.8 Å². The number of fused-ring (bicyclic) bond motifs is 1. The lowest BCUT2D eigenvalue weighted by atomic mass is 10.0. The highest BCUT2D eigenvalue weighted by Crippen LogP contribution is 2.21. The molecule has 0 aliphatic carbocycles. The summed E-state index contributed by atoms with van der Waals surface area (Å²) in [4.78, 5) is 17.2. The Kier molecular flexibility index (Phi) is 4.09. The maximum atomic E-state index is 12.6. The van der Waals surface area contributed by atoms with Crippen molar-refractivity contribution in [2.75, 3.05) is 5.32 Å². The van der Waals surface area contributed by atoms with Gasteiger partial charge in [-0.1, -0.05) is 26.0 Å². The fourth-order valence-electron chi connectivity index (χ4n) is 2.81. The van der Waals surface area contributed by atoms with Crippen LogP contribution in [0.4, 0.5) is 5.69 Å². The van der Waals surface area contributed by atoms with Crippen LogP contribution in [0.3, 0.4) is 0 Å². The number of benzene rings is 1. The molecule has 0 saturated carbocycles. The molecule has 1 N–H and O–H groups in total. The van der Waals surface area contributed by atoms with Crippen LogP contribution in [0.5, 0.6) is 0 Å². The van der Waals surface area contributed by atoms with Crippen LogP contribution in [0.2, 0.25) is 0 Å². The highest BCUT2D eigenvalue weighted by molar-refractivity contribution is 6.06. The molecule has 0 spiro atoms. The second kappa shape index (κ2) is 6.07. The van der Waals surface area contributed by atoms with Crippen LogP contribution in [0.15, 0.2) is 30.3 Å². The maximum Gasteiger partial charge on any atom is 0.257 e. The van der Waals surface area contributed by atoms with Crippen LogP contribution in [0, 0.1) is 13.8 Å². The maximum absolute atomic E-state index is 12.6. The molecule has 24 heavy (non-hydrogen) atoms. The first-order valence-corrected chi connectivity index (χ1v) is 8.09. The number of anilines is 1. The van der Waals surface area contributed by atoms with Gasteiger partial charge in [-0.3, -0.25) is 9.48 Å². The highest BCUT2D eigenvalue weighted by Gasteiger charge is 2.15. The average molecular weight is 322 g/mol. The Labute approximate surface area is 141 Å². The van der Waals surface area contributed by atoms with E-state index in [4.69, 9.17) is 0 Å². The van der Waals surface area contributed by atoms with E-state index in [0.29, 0.717) is 17.2 Å². The Morgan fingerprint density at radius 2 is 1.79 bits per heavy atom. The van der Waals surface area contributed by atoms with Gasteiger partial charge in [-0.25, -0.2) is 4.98 Å². The quantitative estimate of drug-likeness (QED) is 0.794. The summed E-state index contributed by atoms with van der Waals surface area (Å²) in [5.41, 5.74) is 4.97. The van der Waals surface area contributed by atoms with Crippen molar-refractivity contribution in [3.05, 3.63) is 52.8 Å². The summed E-state index contributed by atoms with van der Waals surface area (Å²) in [7, 11) is 1.86. The molecule has 2 heterocycles. The molecule has 3 rings (SSSR count). The van der Waals surface area contributed by atoms with E-state index in [1.54, 1.807) is 4.68 Å². The van der Waals surface area contributed by atoms with Gasteiger partial charge in [-0.15, -0.1) is 0 Å². The van der Waals surface area contributed by atoms with Crippen molar-refractivity contribution in [3.8, 4) is 0 Å². The summed E-state index contributed by atoms with van der Waals surface area (Å²) >= 11 is 0. The fourth-order valence-corrected chi connectivity index (χ4v) is 2.81. The van der Waals surface area contributed by atoms with Gasteiger partial charge in [0.1, 0.15) is 0 Å². The van der Waals surface area contributed by atoms with Gasteiger partial charge in [0.05, 0.1) is 17.0 Å². The molecule has 0 unspecified atom stereocenters. The van der Waals surface area contributed by atoms with Crippen molar-refractivity contribution in [3.63, 3.8) is 0 Å². The zero-order valence-corrected chi connectivity index (χ0v) is 14.7. The second-order valence-electron chi connectivity index (χ2n) is 6.43. The molecule has 1 amide bonds. The van der Waals surface area contributed by atoms with Crippen LogP contribution < -0.4 is 5.32 Å². The summed E-state index contributed by atoms with van der Waals surface area (Å²) in [6, 6.07) is 9.82. The van der Waals surface area contributed by atoms with Crippen LogP contribution in [-0.4, -0.2) is 20.7 Å². The molecule has 0 radical (unpaired) electrons. The van der Waals surface area contributed by atoms with Crippen LogP contribution in [0.1, 0.15) is 47.1 Å². The lowest BCUT2D eigenvalue weighted by Crippen LogP contribution is -2.14. The molecule has 0 aliphatic rings. The van der Waals surface area contributed by atoms with Crippen LogP contribution >= 0.6 is 0 Å². The minimum absolute atomic E-state index is 0.151. The van der Waals surface area contributed by atoms with Crippen molar-refractivity contribution >= 4 is 22.6 Å². The average Bonchev–Trinajstić information content (AvgIpc) is 2.81. The molecule has 5 heteroatoms. The molecule has 0 fully saturated rings. The summed E-state index contributed by atoms with van der Waals surface area (Å²) in [5.74, 6) is 0.319. The topological polar surface area (TPSA) is 59.8 Å². The Hall–Kier alpha value is -2.69. The predicted octanol–water partition coefficient (Wildman–Crippen LogP) is 3.96. The number of aromatic nitrogens is 3. The third kappa shape index (κ3) is 2.89. The SMILES string of the molecule is Cc1nc2c(cc1C(=O)Nc1ccc(C(C)C)cc1)c(C)nn2C. The molecule has 1 aromatic carbocycles. The number of rotatable bonds is 3. The lowest BCUT2D eigenvalue weighted by Gasteiger charge is -2.10. The molecule has 5 nitrogen and oxygen atoms in total. The molecular weight excluding hydrogens is 300 g/mol. The number of amides is 1. The van der Waals surface area contributed by atoms with Crippen molar-refractivity contribution in [1.29, 1.82) is 0 Å². The normalized spacial score (nSPS) is 11.2. The predicted molar refractivity (Wildman–Crippen MR) is 96.5 cm³/mol. The number of nitrogens with one attached hydrogen (secondary N) is 1. The van der Waals surface area contributed by atoms with E-state index >= 15 is 0 Å². The summed E-state index contributed by atoms with van der Waals surface area (Å²) in [6.45, 7) is 8.06. The van der Waals surface area contributed by atoms with Crippen LogP contribution in [0.25, 0.3) is 11.0 Å². The number of hydrogen-bond acceptors (Lipinski definition) is 3. The molecule has 0 bridgehead atoms. The number of carbonyl (C=O) groups excluding carboxylic acids is 1. The van der Waals surface area contributed by atoms with Gasteiger partial charge in [0.2, 0.25) is 0 Å². The number of pyridine rings is 1. The van der Waals surface area contributed by atoms with Gasteiger partial charge in [-0.2, -0.15) is 5.10 Å². The van der Waals surface area contributed by atoms with Crippen molar-refractivity contribution < 1.29 is 4.79 Å². The monoisotopic (exact) mass is 322 g/mol. The van der Waals surface area contributed by atoms with Crippen molar-refractivity contribution in [2.24, 2.45) is 7.05 Å². The Morgan fingerprint density at radius 1 is 1.12 bits per heavy atom. The molecular formula is C19H22N4O. The lowest BCUT2D eigenvalue weighted by molar-refractivity contribution is 0.102. The van der Waals surface area contributed by atoms with E-state index < -0.39 is 0 Å². The molecule has 0 atom stereocenters. The number of nitrogens with zero attached hydrogens (tertiary/aromatic N) is 3. The Bertz CT molecular complexity index is 907. The summed E-state index contributed by atoms with van der Waals surface area (Å²) in [6.07, 6.45) is 0. The smallest absolute Gasteiger partial charge is 0.257 e. The summed E-state index contributed by atoms with van der Waals surface area (Å²) < 4.78 is 1.74. The first kappa shape index (κ1) is 16.2. The highest BCUT2D eigenvalue weighted by atomic mass is 16.1. The Balaban J connectivity index is 1.90. The van der Waals surface area contributed by atoms with E-state index in [1.807, 2.05) is 51.2 Å². The zero-order valence-electron chi connectivity index (χ0n) is 14.7. The van der Waals surface area contributed by atoms with Gasteiger partial charge < -0.3 is 5.32 Å². The second-order valence-corrected chi connectivity index (χ2v) is 6.43. The Morgan fingerprint density at radius 3 is 2.42 bits per heavy atom. The first-order valence-electron chi connectivity index (χ1n) is 8.09. The molecule has 0 saturated heterocycles. The largest absolute Gasteiger partial charge is 0.322 e. The number of carbonyl (C=O) groups is 1. The van der Waals surface area contributed by atoms with E-state index in [9.17, 15) is 4.79 Å². The third-order valence-electron chi connectivity index (χ3n) is 4.27. The number of hydrogen-bond donors (Lipinski definition) is 1. The zero-order chi connectivity index (χ0) is 17.4. The van der Waals surface area contributed by atoms with Gasteiger partial charge in [0.15, 0.2) is 5.65 Å². The molecule has 124 valence electrons. The third-order valence-corrected chi connectivity index (χ3v) is 4.27. The minimum atomic E-state index is -0.151. The van der Waals surface area contributed by atoms with Gasteiger partial charge in [0, 0.05) is 18.1 Å². The molecule has 0 aliphatic heterocycles. The van der Waals surface area contributed by atoms with E-state index in [0.717, 1.165) is 22.4 Å². The van der Waals surface area contributed by atoms with Gasteiger partial charge in [0.25, 0.3) is 5.91 Å². The first-order chi connectivity index (χ1) is 11.4.